The fourth-order valence-electron chi connectivity index (χ4n) is 1.53. The summed E-state index contributed by atoms with van der Waals surface area (Å²) in [6.07, 6.45) is 0. The van der Waals surface area contributed by atoms with Gasteiger partial charge in [-0.3, -0.25) is 0 Å². The summed E-state index contributed by atoms with van der Waals surface area (Å²) in [7, 11) is -2.61. The van der Waals surface area contributed by atoms with Gasteiger partial charge in [0.15, 0.2) is 0 Å². The number of rotatable bonds is 7. The average molecular weight is 344 g/mol. The molecule has 0 fully saturated rings. The van der Waals surface area contributed by atoms with Crippen LogP contribution < -0.4 is 0 Å². The Hall–Kier alpha value is -0.400. The van der Waals surface area contributed by atoms with Gasteiger partial charge in [-0.15, -0.1) is 11.6 Å². The smallest absolute Gasteiger partial charge is 0.245 e. The Morgan fingerprint density at radius 3 is 2.60 bits per heavy atom. The average Bonchev–Trinajstić information content (AvgIpc) is 2.40. The minimum atomic E-state index is -3.97. The van der Waals surface area contributed by atoms with E-state index in [4.69, 9.17) is 27.9 Å². The zero-order valence-corrected chi connectivity index (χ0v) is 13.5. The van der Waals surface area contributed by atoms with E-state index in [-0.39, 0.29) is 29.6 Å². The van der Waals surface area contributed by atoms with Crippen molar-refractivity contribution in [1.29, 1.82) is 0 Å². The van der Waals surface area contributed by atoms with Crippen LogP contribution in [0.2, 0.25) is 5.02 Å². The van der Waals surface area contributed by atoms with Crippen LogP contribution in [0, 0.1) is 5.82 Å². The molecule has 0 unspecified atom stereocenters. The van der Waals surface area contributed by atoms with Gasteiger partial charge in [0.05, 0.1) is 12.5 Å². The molecule has 0 N–H and O–H groups in total. The summed E-state index contributed by atoms with van der Waals surface area (Å²) >= 11 is 11.4. The van der Waals surface area contributed by atoms with Gasteiger partial charge in [0.25, 0.3) is 0 Å². The van der Waals surface area contributed by atoms with Gasteiger partial charge >= 0.3 is 0 Å². The molecule has 0 amide bonds. The standard InChI is InChI=1S/C12H16Cl2FNO3S/c1-3-19-5-4-16(2)20(17,18)11-7-10(14)6-9(8-13)12(11)15/h6-7H,3-5,8H2,1-2H3. The maximum Gasteiger partial charge on any atom is 0.245 e. The minimum Gasteiger partial charge on any atom is -0.380 e. The molecule has 114 valence electrons. The third-order valence-corrected chi connectivity index (χ3v) is 5.03. The van der Waals surface area contributed by atoms with E-state index in [2.05, 4.69) is 0 Å². The Bertz CT molecular complexity index is 566. The van der Waals surface area contributed by atoms with Crippen molar-refractivity contribution in [3.63, 3.8) is 0 Å². The van der Waals surface area contributed by atoms with Crippen LogP contribution in [0.15, 0.2) is 17.0 Å². The zero-order chi connectivity index (χ0) is 15.3. The van der Waals surface area contributed by atoms with Crippen LogP contribution in [0.3, 0.4) is 0 Å². The predicted molar refractivity (Wildman–Crippen MR) is 77.3 cm³/mol. The number of sulfonamides is 1. The first-order valence-corrected chi connectivity index (χ1v) is 8.27. The Labute approximate surface area is 128 Å². The van der Waals surface area contributed by atoms with Crippen LogP contribution in [0.5, 0.6) is 0 Å². The van der Waals surface area contributed by atoms with Gasteiger partial charge in [0.2, 0.25) is 10.0 Å². The molecule has 0 heterocycles. The summed E-state index contributed by atoms with van der Waals surface area (Å²) in [6.45, 7) is 2.64. The molecule has 1 rings (SSSR count). The summed E-state index contributed by atoms with van der Waals surface area (Å²) in [5.74, 6) is -1.02. The van der Waals surface area contributed by atoms with Crippen LogP contribution in [-0.2, 0) is 20.6 Å². The molecule has 0 saturated carbocycles. The van der Waals surface area contributed by atoms with E-state index in [1.165, 1.54) is 13.1 Å². The first-order chi connectivity index (χ1) is 9.34. The Morgan fingerprint density at radius 2 is 2.05 bits per heavy atom. The molecule has 0 radical (unpaired) electrons. The number of benzene rings is 1. The Morgan fingerprint density at radius 1 is 1.40 bits per heavy atom. The largest absolute Gasteiger partial charge is 0.380 e. The highest BCUT2D eigenvalue weighted by Crippen LogP contribution is 2.26. The van der Waals surface area contributed by atoms with E-state index >= 15 is 0 Å². The molecule has 1 aromatic rings. The van der Waals surface area contributed by atoms with E-state index in [0.717, 1.165) is 10.4 Å². The van der Waals surface area contributed by atoms with Crippen molar-refractivity contribution in [3.8, 4) is 0 Å². The second-order valence-electron chi connectivity index (χ2n) is 4.03. The van der Waals surface area contributed by atoms with Crippen LogP contribution in [0.1, 0.15) is 12.5 Å². The quantitative estimate of drug-likeness (QED) is 0.564. The molecule has 0 aromatic heterocycles. The van der Waals surface area contributed by atoms with Gasteiger partial charge < -0.3 is 4.74 Å². The zero-order valence-electron chi connectivity index (χ0n) is 11.2. The van der Waals surface area contributed by atoms with Crippen LogP contribution >= 0.6 is 23.2 Å². The minimum absolute atomic E-state index is 0.0518. The van der Waals surface area contributed by atoms with E-state index in [0.29, 0.717) is 6.61 Å². The van der Waals surface area contributed by atoms with Crippen molar-refractivity contribution in [2.75, 3.05) is 26.8 Å². The molecular formula is C12H16Cl2FNO3S. The summed E-state index contributed by atoms with van der Waals surface area (Å²) in [5, 5.41) is 0.124. The highest BCUT2D eigenvalue weighted by atomic mass is 35.5. The van der Waals surface area contributed by atoms with Crippen molar-refractivity contribution in [2.45, 2.75) is 17.7 Å². The van der Waals surface area contributed by atoms with E-state index in [1.54, 1.807) is 6.92 Å². The molecule has 0 atom stereocenters. The first kappa shape index (κ1) is 17.7. The molecular weight excluding hydrogens is 328 g/mol. The normalized spacial score (nSPS) is 12.1. The molecule has 20 heavy (non-hydrogen) atoms. The third-order valence-electron chi connectivity index (χ3n) is 2.67. The lowest BCUT2D eigenvalue weighted by atomic mass is 10.2. The highest BCUT2D eigenvalue weighted by molar-refractivity contribution is 7.89. The van der Waals surface area contributed by atoms with Crippen molar-refractivity contribution in [1.82, 2.24) is 4.31 Å². The van der Waals surface area contributed by atoms with Gasteiger partial charge in [0.1, 0.15) is 10.7 Å². The molecule has 0 aliphatic heterocycles. The lowest BCUT2D eigenvalue weighted by Crippen LogP contribution is -2.31. The summed E-state index contributed by atoms with van der Waals surface area (Å²) in [6, 6.07) is 2.39. The first-order valence-electron chi connectivity index (χ1n) is 5.92. The van der Waals surface area contributed by atoms with Gasteiger partial charge in [-0.1, -0.05) is 11.6 Å². The lowest BCUT2D eigenvalue weighted by molar-refractivity contribution is 0.138. The van der Waals surface area contributed by atoms with Crippen molar-refractivity contribution < 1.29 is 17.5 Å². The Balaban J connectivity index is 3.12. The summed E-state index contributed by atoms with van der Waals surface area (Å²) in [4.78, 5) is -0.473. The lowest BCUT2D eigenvalue weighted by Gasteiger charge is -2.18. The summed E-state index contributed by atoms with van der Waals surface area (Å²) in [5.41, 5.74) is 0.0518. The Kier molecular flexibility index (Phi) is 6.68. The molecule has 0 spiro atoms. The second kappa shape index (κ2) is 7.56. The molecule has 0 aliphatic rings. The number of ether oxygens (including phenoxy) is 1. The molecule has 4 nitrogen and oxygen atoms in total. The number of hydrogen-bond donors (Lipinski definition) is 0. The number of likely N-dealkylation sites (N-methyl/N-ethyl adjacent to an activating group) is 1. The third kappa shape index (κ3) is 4.05. The summed E-state index contributed by atoms with van der Waals surface area (Å²) < 4.78 is 44.8. The van der Waals surface area contributed by atoms with Gasteiger partial charge in [0, 0.05) is 30.8 Å². The molecule has 1 aromatic carbocycles. The van der Waals surface area contributed by atoms with Gasteiger partial charge in [-0.25, -0.2) is 12.8 Å². The van der Waals surface area contributed by atoms with E-state index in [9.17, 15) is 12.8 Å². The van der Waals surface area contributed by atoms with Gasteiger partial charge in [-0.2, -0.15) is 4.31 Å². The molecule has 0 bridgehead atoms. The van der Waals surface area contributed by atoms with E-state index in [1.807, 2.05) is 0 Å². The van der Waals surface area contributed by atoms with Crippen molar-refractivity contribution in [3.05, 3.63) is 28.5 Å². The maximum absolute atomic E-state index is 14.1. The number of alkyl halides is 1. The monoisotopic (exact) mass is 343 g/mol. The van der Waals surface area contributed by atoms with E-state index < -0.39 is 20.7 Å². The SMILES string of the molecule is CCOCCN(C)S(=O)(=O)c1cc(Cl)cc(CCl)c1F. The van der Waals surface area contributed by atoms with Crippen LogP contribution in [-0.4, -0.2) is 39.5 Å². The van der Waals surface area contributed by atoms with Crippen LogP contribution in [0.4, 0.5) is 4.39 Å². The molecule has 0 aliphatic carbocycles. The van der Waals surface area contributed by atoms with Crippen molar-refractivity contribution in [2.24, 2.45) is 0 Å². The molecule has 8 heteroatoms. The topological polar surface area (TPSA) is 46.6 Å². The van der Waals surface area contributed by atoms with Crippen molar-refractivity contribution >= 4 is 33.2 Å². The second-order valence-corrected chi connectivity index (χ2v) is 6.75. The number of hydrogen-bond acceptors (Lipinski definition) is 3. The van der Waals surface area contributed by atoms with Crippen LogP contribution in [0.25, 0.3) is 0 Å². The highest BCUT2D eigenvalue weighted by Gasteiger charge is 2.26. The van der Waals surface area contributed by atoms with Gasteiger partial charge in [-0.05, 0) is 19.1 Å². The fourth-order valence-corrected chi connectivity index (χ4v) is 3.31. The maximum atomic E-state index is 14.1. The molecule has 0 saturated heterocycles. The predicted octanol–water partition coefficient (Wildman–Crippen LogP) is 2.87. The number of halogens is 3. The number of nitrogens with zero attached hydrogens (tertiary/aromatic N) is 1. The fraction of sp³-hybridized carbons (Fsp3) is 0.500.